The Labute approximate surface area is 170 Å². The second-order valence-electron chi connectivity index (χ2n) is 6.54. The summed E-state index contributed by atoms with van der Waals surface area (Å²) in [6, 6.07) is 11.5. The third-order valence-electron chi connectivity index (χ3n) is 3.78. The second-order valence-corrected chi connectivity index (χ2v) is 9.09. The average molecular weight is 429 g/mol. The first kappa shape index (κ1) is 21.7. The van der Waals surface area contributed by atoms with Gasteiger partial charge in [0, 0.05) is 13.0 Å². The molecular weight excluding hydrogens is 407 g/mol. The minimum Gasteiger partial charge on any atom is -0.325 e. The first-order valence-corrected chi connectivity index (χ1v) is 10.8. The largest absolute Gasteiger partial charge is 0.325 e. The van der Waals surface area contributed by atoms with Crippen molar-refractivity contribution >= 4 is 44.8 Å². The molecule has 0 atom stereocenters. The van der Waals surface area contributed by atoms with Gasteiger partial charge in [0.2, 0.25) is 15.9 Å². The first-order chi connectivity index (χ1) is 12.7. The number of hydrogen-bond donors (Lipinski definition) is 2. The molecule has 2 rings (SSSR count). The van der Waals surface area contributed by atoms with Crippen molar-refractivity contribution in [2.75, 3.05) is 11.9 Å². The van der Waals surface area contributed by atoms with Crippen LogP contribution in [0, 0.1) is 5.92 Å². The molecule has 1 amide bonds. The minimum absolute atomic E-state index is 0.200. The third-order valence-corrected chi connectivity index (χ3v) is 6.04. The van der Waals surface area contributed by atoms with Crippen LogP contribution in [0.15, 0.2) is 47.4 Å². The minimum atomic E-state index is -3.51. The van der Waals surface area contributed by atoms with Crippen molar-refractivity contribution in [1.29, 1.82) is 0 Å². The number of amides is 1. The molecule has 0 aliphatic heterocycles. The molecule has 2 aromatic rings. The Balaban J connectivity index is 1.93. The van der Waals surface area contributed by atoms with Crippen LogP contribution in [-0.2, 0) is 21.2 Å². The number of nitrogens with one attached hydrogen (secondary N) is 2. The van der Waals surface area contributed by atoms with Gasteiger partial charge in [0.15, 0.2) is 0 Å². The van der Waals surface area contributed by atoms with Gasteiger partial charge in [-0.2, -0.15) is 0 Å². The van der Waals surface area contributed by atoms with Crippen molar-refractivity contribution in [2.45, 2.75) is 31.6 Å². The summed E-state index contributed by atoms with van der Waals surface area (Å²) in [6.45, 7) is 4.26. The number of sulfonamides is 1. The topological polar surface area (TPSA) is 75.3 Å². The summed E-state index contributed by atoms with van der Waals surface area (Å²) < 4.78 is 26.9. The standard InChI is InChI=1S/C19H22Cl2N2O3S/c1-13(2)12-22-27(25,26)15-9-6-14(7-10-15)8-11-18(24)23-17-5-3-4-16(20)19(17)21/h3-7,9-10,13,22H,8,11-12H2,1-2H3,(H,23,24). The van der Waals surface area contributed by atoms with Crippen molar-refractivity contribution in [3.63, 3.8) is 0 Å². The fourth-order valence-electron chi connectivity index (χ4n) is 2.27. The van der Waals surface area contributed by atoms with Gasteiger partial charge in [-0.25, -0.2) is 13.1 Å². The van der Waals surface area contributed by atoms with Crippen LogP contribution in [0.5, 0.6) is 0 Å². The van der Waals surface area contributed by atoms with E-state index in [2.05, 4.69) is 10.0 Å². The van der Waals surface area contributed by atoms with Crippen molar-refractivity contribution in [2.24, 2.45) is 5.92 Å². The normalized spacial score (nSPS) is 11.6. The smallest absolute Gasteiger partial charge is 0.240 e. The van der Waals surface area contributed by atoms with Gasteiger partial charge in [-0.15, -0.1) is 0 Å². The summed E-state index contributed by atoms with van der Waals surface area (Å²) in [5.74, 6) is 0.0278. The van der Waals surface area contributed by atoms with E-state index < -0.39 is 10.0 Å². The quantitative estimate of drug-likeness (QED) is 0.649. The Morgan fingerprint density at radius 1 is 1.07 bits per heavy atom. The molecule has 0 aliphatic rings. The van der Waals surface area contributed by atoms with Crippen molar-refractivity contribution < 1.29 is 13.2 Å². The summed E-state index contributed by atoms with van der Waals surface area (Å²) in [6.07, 6.45) is 0.713. The fourth-order valence-corrected chi connectivity index (χ4v) is 3.83. The molecule has 0 bridgehead atoms. The fraction of sp³-hybridized carbons (Fsp3) is 0.316. The van der Waals surface area contributed by atoms with Crippen molar-refractivity contribution in [1.82, 2.24) is 4.72 Å². The number of halogens is 2. The van der Waals surface area contributed by atoms with Gasteiger partial charge >= 0.3 is 0 Å². The Bertz CT molecular complexity index is 898. The number of hydrogen-bond acceptors (Lipinski definition) is 3. The molecule has 8 heteroatoms. The van der Waals surface area contributed by atoms with Crippen LogP contribution >= 0.6 is 23.2 Å². The molecule has 0 spiro atoms. The van der Waals surface area contributed by atoms with E-state index in [-0.39, 0.29) is 23.1 Å². The van der Waals surface area contributed by atoms with Gasteiger partial charge in [0.1, 0.15) is 0 Å². The van der Waals surface area contributed by atoms with Crippen LogP contribution in [0.2, 0.25) is 10.0 Å². The Morgan fingerprint density at radius 2 is 1.74 bits per heavy atom. The monoisotopic (exact) mass is 428 g/mol. The second kappa shape index (κ2) is 9.55. The van der Waals surface area contributed by atoms with E-state index in [1.54, 1.807) is 42.5 Å². The van der Waals surface area contributed by atoms with E-state index >= 15 is 0 Å². The van der Waals surface area contributed by atoms with E-state index in [1.807, 2.05) is 13.8 Å². The third kappa shape index (κ3) is 6.50. The summed E-state index contributed by atoms with van der Waals surface area (Å²) in [5.41, 5.74) is 1.33. The molecule has 2 N–H and O–H groups in total. The zero-order valence-electron chi connectivity index (χ0n) is 15.1. The van der Waals surface area contributed by atoms with E-state index in [1.165, 1.54) is 0 Å². The van der Waals surface area contributed by atoms with Crippen molar-refractivity contribution in [3.05, 3.63) is 58.1 Å². The highest BCUT2D eigenvalue weighted by atomic mass is 35.5. The van der Waals surface area contributed by atoms with E-state index in [4.69, 9.17) is 23.2 Å². The Hall–Kier alpha value is -1.60. The van der Waals surface area contributed by atoms with Gasteiger partial charge in [-0.05, 0) is 42.2 Å². The van der Waals surface area contributed by atoms with E-state index in [0.717, 1.165) is 5.56 Å². The predicted molar refractivity (Wildman–Crippen MR) is 110 cm³/mol. The van der Waals surface area contributed by atoms with Gasteiger partial charge < -0.3 is 5.32 Å². The Morgan fingerprint density at radius 3 is 2.37 bits per heavy atom. The van der Waals surface area contributed by atoms with Gasteiger partial charge in [-0.3, -0.25) is 4.79 Å². The summed E-state index contributed by atoms with van der Waals surface area (Å²) in [7, 11) is -3.51. The molecule has 2 aromatic carbocycles. The van der Waals surface area contributed by atoms with Crippen LogP contribution in [0.25, 0.3) is 0 Å². The van der Waals surface area contributed by atoms with Gasteiger partial charge in [0.05, 0.1) is 20.6 Å². The van der Waals surface area contributed by atoms with Crippen molar-refractivity contribution in [3.8, 4) is 0 Å². The zero-order valence-corrected chi connectivity index (χ0v) is 17.5. The molecular formula is C19H22Cl2N2O3S. The molecule has 5 nitrogen and oxygen atoms in total. The molecule has 146 valence electrons. The first-order valence-electron chi connectivity index (χ1n) is 8.51. The van der Waals surface area contributed by atoms with Crippen LogP contribution in [0.1, 0.15) is 25.8 Å². The van der Waals surface area contributed by atoms with Crippen LogP contribution in [0.4, 0.5) is 5.69 Å². The summed E-state index contributed by atoms with van der Waals surface area (Å²) in [5, 5.41) is 3.40. The number of aryl methyl sites for hydroxylation is 1. The summed E-state index contributed by atoms with van der Waals surface area (Å²) >= 11 is 12.0. The zero-order chi connectivity index (χ0) is 20.0. The molecule has 0 fully saturated rings. The molecule has 0 radical (unpaired) electrons. The highest BCUT2D eigenvalue weighted by Gasteiger charge is 2.14. The van der Waals surface area contributed by atoms with Crippen LogP contribution in [0.3, 0.4) is 0 Å². The molecule has 0 saturated carbocycles. The summed E-state index contributed by atoms with van der Waals surface area (Å²) in [4.78, 5) is 12.3. The number of rotatable bonds is 8. The Kier molecular flexibility index (Phi) is 7.68. The van der Waals surface area contributed by atoms with E-state index in [9.17, 15) is 13.2 Å². The lowest BCUT2D eigenvalue weighted by Crippen LogP contribution is -2.27. The number of benzene rings is 2. The molecule has 0 aromatic heterocycles. The SMILES string of the molecule is CC(C)CNS(=O)(=O)c1ccc(CCC(=O)Nc2cccc(Cl)c2Cl)cc1. The number of carbonyl (C=O) groups excluding carboxylic acids is 1. The molecule has 0 aliphatic carbocycles. The molecule has 27 heavy (non-hydrogen) atoms. The lowest BCUT2D eigenvalue weighted by Gasteiger charge is -2.10. The molecule has 0 heterocycles. The van der Waals surface area contributed by atoms with E-state index in [0.29, 0.717) is 28.7 Å². The maximum absolute atomic E-state index is 12.2. The number of anilines is 1. The average Bonchev–Trinajstić information content (AvgIpc) is 2.62. The van der Waals surface area contributed by atoms with Gasteiger partial charge in [0.25, 0.3) is 0 Å². The molecule has 0 unspecified atom stereocenters. The lowest BCUT2D eigenvalue weighted by atomic mass is 10.1. The predicted octanol–water partition coefficient (Wildman–Crippen LogP) is 4.50. The maximum Gasteiger partial charge on any atom is 0.240 e. The lowest BCUT2D eigenvalue weighted by molar-refractivity contribution is -0.116. The van der Waals surface area contributed by atoms with Crippen LogP contribution < -0.4 is 10.0 Å². The van der Waals surface area contributed by atoms with Gasteiger partial charge in [-0.1, -0.05) is 55.2 Å². The highest BCUT2D eigenvalue weighted by molar-refractivity contribution is 7.89. The molecule has 0 saturated heterocycles. The van der Waals surface area contributed by atoms with Crippen LogP contribution in [-0.4, -0.2) is 20.9 Å². The maximum atomic E-state index is 12.2. The highest BCUT2D eigenvalue weighted by Crippen LogP contribution is 2.29. The number of carbonyl (C=O) groups is 1.